The smallest absolute Gasteiger partial charge is 0.00684 e. The summed E-state index contributed by atoms with van der Waals surface area (Å²) < 4.78 is 0. The molecular formula is C16H29N. The van der Waals surface area contributed by atoms with Crippen molar-refractivity contribution in [3.63, 3.8) is 0 Å². The van der Waals surface area contributed by atoms with E-state index in [0.717, 1.165) is 23.8 Å². The number of fused-ring (bicyclic) bond motifs is 2. The van der Waals surface area contributed by atoms with Crippen molar-refractivity contribution in [2.45, 2.75) is 71.3 Å². The number of hydrogen-bond acceptors (Lipinski definition) is 1. The third kappa shape index (κ3) is 2.54. The van der Waals surface area contributed by atoms with Crippen LogP contribution in [0.3, 0.4) is 0 Å². The standard InChI is InChI=1S/C16H29N/c1-12(2)7-8-16(11-17-15-5-6-15)10-13-3-4-14(16)9-13/h12-15,17H,3-11H2,1-2H3. The van der Waals surface area contributed by atoms with Crippen molar-refractivity contribution in [2.24, 2.45) is 23.2 Å². The van der Waals surface area contributed by atoms with E-state index in [9.17, 15) is 0 Å². The van der Waals surface area contributed by atoms with Crippen molar-refractivity contribution in [3.8, 4) is 0 Å². The summed E-state index contributed by atoms with van der Waals surface area (Å²) in [5.41, 5.74) is 0.704. The molecule has 0 amide bonds. The van der Waals surface area contributed by atoms with Crippen molar-refractivity contribution in [3.05, 3.63) is 0 Å². The van der Waals surface area contributed by atoms with Gasteiger partial charge in [0.15, 0.2) is 0 Å². The molecule has 3 aliphatic carbocycles. The maximum atomic E-state index is 3.85. The second kappa shape index (κ2) is 4.57. The van der Waals surface area contributed by atoms with E-state index >= 15 is 0 Å². The van der Waals surface area contributed by atoms with Crippen LogP contribution in [0.5, 0.6) is 0 Å². The molecule has 0 aliphatic heterocycles. The first kappa shape index (κ1) is 12.0. The van der Waals surface area contributed by atoms with Crippen molar-refractivity contribution < 1.29 is 0 Å². The van der Waals surface area contributed by atoms with E-state index in [-0.39, 0.29) is 0 Å². The average Bonchev–Trinajstić information content (AvgIpc) is 2.93. The lowest BCUT2D eigenvalue weighted by molar-refractivity contribution is 0.132. The fourth-order valence-corrected chi connectivity index (χ4v) is 4.38. The number of hydrogen-bond donors (Lipinski definition) is 1. The normalized spacial score (nSPS) is 40.4. The van der Waals surface area contributed by atoms with E-state index in [1.54, 1.807) is 12.8 Å². The highest BCUT2D eigenvalue weighted by Gasteiger charge is 2.50. The Morgan fingerprint density at radius 3 is 2.53 bits per heavy atom. The zero-order valence-electron chi connectivity index (χ0n) is 11.7. The summed E-state index contributed by atoms with van der Waals surface area (Å²) in [6.45, 7) is 6.11. The average molecular weight is 235 g/mol. The molecule has 3 saturated carbocycles. The van der Waals surface area contributed by atoms with Gasteiger partial charge in [0.25, 0.3) is 0 Å². The summed E-state index contributed by atoms with van der Waals surface area (Å²) in [4.78, 5) is 0. The maximum absolute atomic E-state index is 3.85. The predicted molar refractivity (Wildman–Crippen MR) is 73.0 cm³/mol. The van der Waals surface area contributed by atoms with Crippen LogP contribution in [-0.4, -0.2) is 12.6 Å². The molecule has 0 spiro atoms. The van der Waals surface area contributed by atoms with Gasteiger partial charge in [-0.05, 0) is 61.7 Å². The van der Waals surface area contributed by atoms with Gasteiger partial charge in [-0.25, -0.2) is 0 Å². The van der Waals surface area contributed by atoms with E-state index in [1.807, 2.05) is 0 Å². The highest BCUT2D eigenvalue weighted by molar-refractivity contribution is 5.02. The molecule has 98 valence electrons. The van der Waals surface area contributed by atoms with Gasteiger partial charge in [0.05, 0.1) is 0 Å². The van der Waals surface area contributed by atoms with Crippen LogP contribution in [0.1, 0.15) is 65.2 Å². The van der Waals surface area contributed by atoms with E-state index in [2.05, 4.69) is 19.2 Å². The van der Waals surface area contributed by atoms with Crippen LogP contribution >= 0.6 is 0 Å². The van der Waals surface area contributed by atoms with E-state index < -0.39 is 0 Å². The second-order valence-electron chi connectivity index (χ2n) is 7.53. The monoisotopic (exact) mass is 235 g/mol. The number of rotatable bonds is 6. The minimum absolute atomic E-state index is 0.704. The van der Waals surface area contributed by atoms with Gasteiger partial charge in [-0.1, -0.05) is 26.7 Å². The van der Waals surface area contributed by atoms with Crippen molar-refractivity contribution >= 4 is 0 Å². The second-order valence-corrected chi connectivity index (χ2v) is 7.53. The van der Waals surface area contributed by atoms with Crippen LogP contribution in [0, 0.1) is 23.2 Å². The minimum atomic E-state index is 0.704. The zero-order valence-corrected chi connectivity index (χ0v) is 11.7. The van der Waals surface area contributed by atoms with Gasteiger partial charge < -0.3 is 5.32 Å². The Morgan fingerprint density at radius 1 is 1.18 bits per heavy atom. The Morgan fingerprint density at radius 2 is 2.00 bits per heavy atom. The quantitative estimate of drug-likeness (QED) is 0.734. The first-order chi connectivity index (χ1) is 8.18. The van der Waals surface area contributed by atoms with Crippen LogP contribution in [0.15, 0.2) is 0 Å². The molecule has 0 heterocycles. The molecule has 2 bridgehead atoms. The van der Waals surface area contributed by atoms with E-state index in [0.29, 0.717) is 5.41 Å². The van der Waals surface area contributed by atoms with Gasteiger partial charge in [-0.15, -0.1) is 0 Å². The molecular weight excluding hydrogens is 206 g/mol. The predicted octanol–water partition coefficient (Wildman–Crippen LogP) is 3.98. The molecule has 3 aliphatic rings. The molecule has 0 aromatic rings. The third-order valence-corrected chi connectivity index (χ3v) is 5.64. The van der Waals surface area contributed by atoms with Gasteiger partial charge >= 0.3 is 0 Å². The Kier molecular flexibility index (Phi) is 3.23. The lowest BCUT2D eigenvalue weighted by Crippen LogP contribution is -2.39. The third-order valence-electron chi connectivity index (χ3n) is 5.64. The fraction of sp³-hybridized carbons (Fsp3) is 1.00. The largest absolute Gasteiger partial charge is 0.313 e. The number of nitrogens with one attached hydrogen (secondary N) is 1. The van der Waals surface area contributed by atoms with Crippen LogP contribution in [0.2, 0.25) is 0 Å². The summed E-state index contributed by atoms with van der Waals surface area (Å²) in [7, 11) is 0. The topological polar surface area (TPSA) is 12.0 Å². The molecule has 1 heteroatoms. The molecule has 0 radical (unpaired) electrons. The van der Waals surface area contributed by atoms with Crippen molar-refractivity contribution in [1.29, 1.82) is 0 Å². The minimum Gasteiger partial charge on any atom is -0.313 e. The molecule has 0 aromatic heterocycles. The summed E-state index contributed by atoms with van der Waals surface area (Å²) >= 11 is 0. The van der Waals surface area contributed by atoms with Gasteiger partial charge in [-0.2, -0.15) is 0 Å². The molecule has 1 nitrogen and oxygen atoms in total. The summed E-state index contributed by atoms with van der Waals surface area (Å²) in [5, 5.41) is 3.85. The van der Waals surface area contributed by atoms with Crippen molar-refractivity contribution in [2.75, 3.05) is 6.54 Å². The van der Waals surface area contributed by atoms with Gasteiger partial charge in [0.1, 0.15) is 0 Å². The van der Waals surface area contributed by atoms with Gasteiger partial charge in [-0.3, -0.25) is 0 Å². The first-order valence-corrected chi connectivity index (χ1v) is 7.91. The van der Waals surface area contributed by atoms with Crippen LogP contribution < -0.4 is 5.32 Å². The highest BCUT2D eigenvalue weighted by Crippen LogP contribution is 2.58. The summed E-state index contributed by atoms with van der Waals surface area (Å²) in [6.07, 6.45) is 12.0. The Bertz CT molecular complexity index is 261. The molecule has 17 heavy (non-hydrogen) atoms. The van der Waals surface area contributed by atoms with Gasteiger partial charge in [0.2, 0.25) is 0 Å². The zero-order chi connectivity index (χ0) is 11.9. The lowest BCUT2D eigenvalue weighted by atomic mass is 9.69. The van der Waals surface area contributed by atoms with Crippen LogP contribution in [0.25, 0.3) is 0 Å². The molecule has 3 unspecified atom stereocenters. The Hall–Kier alpha value is -0.0400. The van der Waals surface area contributed by atoms with Crippen LogP contribution in [-0.2, 0) is 0 Å². The Balaban J connectivity index is 1.61. The molecule has 3 atom stereocenters. The highest BCUT2D eigenvalue weighted by atomic mass is 15.0. The van der Waals surface area contributed by atoms with Crippen molar-refractivity contribution in [1.82, 2.24) is 5.32 Å². The SMILES string of the molecule is CC(C)CCC1(CNC2CC2)CC2CCC1C2. The Labute approximate surface area is 107 Å². The summed E-state index contributed by atoms with van der Waals surface area (Å²) in [5.74, 6) is 3.04. The fourth-order valence-electron chi connectivity index (χ4n) is 4.38. The lowest BCUT2D eigenvalue weighted by Gasteiger charge is -2.39. The van der Waals surface area contributed by atoms with E-state index in [1.165, 1.54) is 45.1 Å². The molecule has 0 aromatic carbocycles. The molecule has 0 saturated heterocycles. The van der Waals surface area contributed by atoms with Crippen LogP contribution in [0.4, 0.5) is 0 Å². The molecule has 3 rings (SSSR count). The first-order valence-electron chi connectivity index (χ1n) is 7.91. The summed E-state index contributed by atoms with van der Waals surface area (Å²) in [6, 6.07) is 0.894. The maximum Gasteiger partial charge on any atom is 0.00684 e. The van der Waals surface area contributed by atoms with E-state index in [4.69, 9.17) is 0 Å². The molecule has 3 fully saturated rings. The molecule has 1 N–H and O–H groups in total. The van der Waals surface area contributed by atoms with Gasteiger partial charge in [0, 0.05) is 12.6 Å².